The first-order chi connectivity index (χ1) is 8.10. The molecule has 1 saturated carbocycles. The third-order valence-corrected chi connectivity index (χ3v) is 2.96. The number of carboxylic acid groups (broad SMARTS) is 1. The number of nitrogens with one attached hydrogen (secondary N) is 2. The van der Waals surface area contributed by atoms with Crippen molar-refractivity contribution in [2.75, 3.05) is 26.8 Å². The van der Waals surface area contributed by atoms with Gasteiger partial charge in [0.05, 0.1) is 5.41 Å². The number of methoxy groups -OCH3 is 1. The first-order valence-corrected chi connectivity index (χ1v) is 5.85. The quantitative estimate of drug-likeness (QED) is 0.545. The van der Waals surface area contributed by atoms with Gasteiger partial charge in [0.25, 0.3) is 0 Å². The lowest BCUT2D eigenvalue weighted by Gasteiger charge is -2.11. The Labute approximate surface area is 101 Å². The molecule has 1 rings (SSSR count). The van der Waals surface area contributed by atoms with Gasteiger partial charge in [0.15, 0.2) is 0 Å². The largest absolute Gasteiger partial charge is 0.481 e. The molecule has 0 atom stereocenters. The Bertz CT molecular complexity index is 277. The van der Waals surface area contributed by atoms with Gasteiger partial charge in [-0.05, 0) is 25.7 Å². The molecular weight excluding hydrogens is 224 g/mol. The first-order valence-electron chi connectivity index (χ1n) is 5.85. The van der Waals surface area contributed by atoms with Crippen molar-refractivity contribution in [2.24, 2.45) is 5.41 Å². The average molecular weight is 244 g/mol. The van der Waals surface area contributed by atoms with Crippen LogP contribution in [0.2, 0.25) is 0 Å². The maximum Gasteiger partial charge on any atom is 0.314 e. The minimum atomic E-state index is -0.821. The van der Waals surface area contributed by atoms with Gasteiger partial charge in [0, 0.05) is 26.8 Å². The Hall–Kier alpha value is -1.30. The number of hydrogen-bond acceptors (Lipinski definition) is 3. The zero-order chi connectivity index (χ0) is 12.7. The first kappa shape index (κ1) is 13.8. The zero-order valence-electron chi connectivity index (χ0n) is 10.1. The maximum atomic E-state index is 11.3. The summed E-state index contributed by atoms with van der Waals surface area (Å²) >= 11 is 0. The topological polar surface area (TPSA) is 87.7 Å². The van der Waals surface area contributed by atoms with Crippen molar-refractivity contribution in [2.45, 2.75) is 25.7 Å². The predicted octanol–water partition coefficient (Wildman–Crippen LogP) is 0.577. The number of carbonyl (C=O) groups is 2. The maximum absolute atomic E-state index is 11.3. The van der Waals surface area contributed by atoms with Crippen LogP contribution in [0.1, 0.15) is 25.7 Å². The summed E-state index contributed by atoms with van der Waals surface area (Å²) in [7, 11) is 1.64. The summed E-state index contributed by atoms with van der Waals surface area (Å²) in [6.45, 7) is 1.48. The Kier molecular flexibility index (Phi) is 5.21. The molecule has 6 heteroatoms. The molecule has 17 heavy (non-hydrogen) atoms. The van der Waals surface area contributed by atoms with Crippen molar-refractivity contribution >= 4 is 12.0 Å². The summed E-state index contributed by atoms with van der Waals surface area (Å²) in [5.74, 6) is -0.821. The molecule has 1 aliphatic rings. The fourth-order valence-electron chi connectivity index (χ4n) is 1.50. The van der Waals surface area contributed by atoms with Crippen molar-refractivity contribution in [3.63, 3.8) is 0 Å². The van der Waals surface area contributed by atoms with E-state index in [1.807, 2.05) is 0 Å². The highest BCUT2D eigenvalue weighted by Gasteiger charge is 2.50. The predicted molar refractivity (Wildman–Crippen MR) is 61.8 cm³/mol. The Morgan fingerprint density at radius 3 is 2.53 bits per heavy atom. The molecule has 6 nitrogen and oxygen atoms in total. The van der Waals surface area contributed by atoms with Gasteiger partial charge >= 0.3 is 12.0 Å². The van der Waals surface area contributed by atoms with Gasteiger partial charge in [0.2, 0.25) is 0 Å². The molecule has 98 valence electrons. The third kappa shape index (κ3) is 4.60. The molecule has 0 aromatic carbocycles. The Morgan fingerprint density at radius 1 is 1.29 bits per heavy atom. The van der Waals surface area contributed by atoms with Crippen molar-refractivity contribution in [1.29, 1.82) is 0 Å². The molecule has 0 aliphatic heterocycles. The lowest BCUT2D eigenvalue weighted by molar-refractivity contribution is -0.143. The van der Waals surface area contributed by atoms with E-state index >= 15 is 0 Å². The fourth-order valence-corrected chi connectivity index (χ4v) is 1.50. The molecule has 0 unspecified atom stereocenters. The fraction of sp³-hybridized carbons (Fsp3) is 0.818. The van der Waals surface area contributed by atoms with E-state index in [9.17, 15) is 9.59 Å². The standard InChI is InChI=1S/C11H20N2O4/c1-17-7-3-2-6-12-10(16)13-8-11(4-5-11)9(14)15/h2-8H2,1H3,(H,14,15)(H2,12,13,16). The number of unbranched alkanes of at least 4 members (excludes halogenated alkanes) is 1. The molecule has 0 saturated heterocycles. The minimum absolute atomic E-state index is 0.215. The molecule has 3 N–H and O–H groups in total. The van der Waals surface area contributed by atoms with E-state index in [1.165, 1.54) is 0 Å². The van der Waals surface area contributed by atoms with Crippen LogP contribution >= 0.6 is 0 Å². The summed E-state index contributed by atoms with van der Waals surface area (Å²) in [5, 5.41) is 14.2. The van der Waals surface area contributed by atoms with E-state index in [4.69, 9.17) is 9.84 Å². The second-order valence-electron chi connectivity index (χ2n) is 4.39. The van der Waals surface area contributed by atoms with Crippen LogP contribution in [0.4, 0.5) is 4.79 Å². The van der Waals surface area contributed by atoms with Crippen LogP contribution in [-0.2, 0) is 9.53 Å². The van der Waals surface area contributed by atoms with E-state index in [0.29, 0.717) is 26.0 Å². The smallest absolute Gasteiger partial charge is 0.314 e. The van der Waals surface area contributed by atoms with E-state index in [2.05, 4.69) is 10.6 Å². The molecule has 1 aliphatic carbocycles. The highest BCUT2D eigenvalue weighted by Crippen LogP contribution is 2.45. The zero-order valence-corrected chi connectivity index (χ0v) is 10.1. The second-order valence-corrected chi connectivity index (χ2v) is 4.39. The van der Waals surface area contributed by atoms with Gasteiger partial charge in [0.1, 0.15) is 0 Å². The molecule has 0 bridgehead atoms. The van der Waals surface area contributed by atoms with Gasteiger partial charge < -0.3 is 20.5 Å². The second kappa shape index (κ2) is 6.44. The number of carbonyl (C=O) groups excluding carboxylic acids is 1. The molecule has 0 aromatic rings. The minimum Gasteiger partial charge on any atom is -0.481 e. The number of urea groups is 1. The van der Waals surface area contributed by atoms with Crippen LogP contribution in [0.25, 0.3) is 0 Å². The molecule has 0 radical (unpaired) electrons. The lowest BCUT2D eigenvalue weighted by Crippen LogP contribution is -2.41. The third-order valence-electron chi connectivity index (χ3n) is 2.96. The highest BCUT2D eigenvalue weighted by atomic mass is 16.5. The van der Waals surface area contributed by atoms with Crippen molar-refractivity contribution in [3.05, 3.63) is 0 Å². The summed E-state index contributed by atoms with van der Waals surface area (Å²) in [6, 6.07) is -0.296. The molecule has 2 amide bonds. The van der Waals surface area contributed by atoms with Crippen LogP contribution in [-0.4, -0.2) is 43.9 Å². The van der Waals surface area contributed by atoms with Gasteiger partial charge in [-0.25, -0.2) is 4.79 Å². The SMILES string of the molecule is COCCCCNC(=O)NCC1(C(=O)O)CC1. The molecule has 0 heterocycles. The number of aliphatic carboxylic acids is 1. The van der Waals surface area contributed by atoms with Crippen molar-refractivity contribution in [3.8, 4) is 0 Å². The van der Waals surface area contributed by atoms with Crippen molar-refractivity contribution in [1.82, 2.24) is 10.6 Å². The number of hydrogen-bond donors (Lipinski definition) is 3. The molecule has 1 fully saturated rings. The number of ether oxygens (including phenoxy) is 1. The average Bonchev–Trinajstić information content (AvgIpc) is 3.07. The van der Waals surface area contributed by atoms with Crippen LogP contribution in [0.3, 0.4) is 0 Å². The van der Waals surface area contributed by atoms with Crippen LogP contribution < -0.4 is 10.6 Å². The van der Waals surface area contributed by atoms with Gasteiger partial charge in [-0.3, -0.25) is 4.79 Å². The van der Waals surface area contributed by atoms with E-state index in [1.54, 1.807) is 7.11 Å². The number of rotatable bonds is 8. The Morgan fingerprint density at radius 2 is 2.00 bits per heavy atom. The van der Waals surface area contributed by atoms with Crippen LogP contribution in [0.5, 0.6) is 0 Å². The highest BCUT2D eigenvalue weighted by molar-refractivity contribution is 5.80. The van der Waals surface area contributed by atoms with E-state index in [0.717, 1.165) is 12.8 Å². The molecule has 0 spiro atoms. The number of amides is 2. The summed E-state index contributed by atoms with van der Waals surface area (Å²) in [6.07, 6.45) is 3.05. The summed E-state index contributed by atoms with van der Waals surface area (Å²) in [5.41, 5.74) is -0.701. The lowest BCUT2D eigenvalue weighted by atomic mass is 10.1. The van der Waals surface area contributed by atoms with E-state index in [-0.39, 0.29) is 12.6 Å². The van der Waals surface area contributed by atoms with E-state index < -0.39 is 11.4 Å². The molecular formula is C11H20N2O4. The van der Waals surface area contributed by atoms with Crippen LogP contribution in [0, 0.1) is 5.41 Å². The monoisotopic (exact) mass is 244 g/mol. The van der Waals surface area contributed by atoms with Gasteiger partial charge in [-0.15, -0.1) is 0 Å². The number of carboxylic acids is 1. The van der Waals surface area contributed by atoms with Gasteiger partial charge in [-0.2, -0.15) is 0 Å². The molecule has 0 aromatic heterocycles. The summed E-state index contributed by atoms with van der Waals surface area (Å²) < 4.78 is 4.88. The Balaban J connectivity index is 2.04. The van der Waals surface area contributed by atoms with Crippen molar-refractivity contribution < 1.29 is 19.4 Å². The normalized spacial score (nSPS) is 16.3. The summed E-state index contributed by atoms with van der Waals surface area (Å²) in [4.78, 5) is 22.2. The van der Waals surface area contributed by atoms with Gasteiger partial charge in [-0.1, -0.05) is 0 Å². The van der Waals surface area contributed by atoms with Crippen LogP contribution in [0.15, 0.2) is 0 Å².